The van der Waals surface area contributed by atoms with Gasteiger partial charge in [0.1, 0.15) is 0 Å². The first-order valence-corrected chi connectivity index (χ1v) is 5.39. The minimum Gasteiger partial charge on any atom is -0.350 e. The zero-order chi connectivity index (χ0) is 11.3. The molecule has 0 aliphatic rings. The van der Waals surface area contributed by atoms with Gasteiger partial charge in [-0.05, 0) is 30.7 Å². The smallest absolute Gasteiger partial charge is 0.0991 e. The van der Waals surface area contributed by atoms with Crippen LogP contribution in [0.25, 0.3) is 0 Å². The van der Waals surface area contributed by atoms with Crippen molar-refractivity contribution in [2.75, 3.05) is 5.32 Å². The molecule has 0 heterocycles. The summed E-state index contributed by atoms with van der Waals surface area (Å²) in [6, 6.07) is 9.38. The fourth-order valence-corrected chi connectivity index (χ4v) is 1.36. The van der Waals surface area contributed by atoms with Crippen molar-refractivity contribution < 1.29 is 0 Å². The number of nitrogens with one attached hydrogen (secondary N) is 1. The Bertz CT molecular complexity index is 376. The van der Waals surface area contributed by atoms with Crippen LogP contribution in [-0.2, 0) is 0 Å². The van der Waals surface area contributed by atoms with Gasteiger partial charge in [-0.1, -0.05) is 26.1 Å². The molecule has 1 rings (SSSR count). The van der Waals surface area contributed by atoms with E-state index in [9.17, 15) is 0 Å². The molecular weight excluding hydrogens is 204 g/mol. The molecule has 0 aromatic heterocycles. The van der Waals surface area contributed by atoms with Crippen LogP contribution >= 0.6 is 12.2 Å². The molecular formula is C12H14N2S. The Balaban J connectivity index is 2.66. The normalized spacial score (nSPS) is 11.5. The van der Waals surface area contributed by atoms with Crippen molar-refractivity contribution in [1.82, 2.24) is 0 Å². The van der Waals surface area contributed by atoms with E-state index in [1.54, 1.807) is 12.1 Å². The van der Waals surface area contributed by atoms with E-state index in [1.807, 2.05) is 12.1 Å². The largest absolute Gasteiger partial charge is 0.350 e. The Morgan fingerprint density at radius 1 is 1.47 bits per heavy atom. The lowest BCUT2D eigenvalue weighted by atomic mass is 10.1. The van der Waals surface area contributed by atoms with E-state index in [1.165, 1.54) is 0 Å². The van der Waals surface area contributed by atoms with E-state index in [0.29, 0.717) is 11.5 Å². The Kier molecular flexibility index (Phi) is 4.26. The highest BCUT2D eigenvalue weighted by molar-refractivity contribution is 7.80. The summed E-state index contributed by atoms with van der Waals surface area (Å²) in [5.41, 5.74) is 1.61. The van der Waals surface area contributed by atoms with Crippen molar-refractivity contribution in [3.05, 3.63) is 29.8 Å². The molecule has 0 spiro atoms. The first kappa shape index (κ1) is 11.7. The van der Waals surface area contributed by atoms with Gasteiger partial charge < -0.3 is 5.32 Å². The lowest BCUT2D eigenvalue weighted by Gasteiger charge is -2.12. The Hall–Kier alpha value is -1.40. The zero-order valence-electron chi connectivity index (χ0n) is 8.95. The van der Waals surface area contributed by atoms with Crippen LogP contribution in [0.2, 0.25) is 0 Å². The second-order valence-electron chi connectivity index (χ2n) is 3.49. The minimum atomic E-state index is 0.385. The predicted molar refractivity (Wildman–Crippen MR) is 66.8 cm³/mol. The van der Waals surface area contributed by atoms with Crippen LogP contribution in [0.4, 0.5) is 5.69 Å². The Morgan fingerprint density at radius 3 is 2.53 bits per heavy atom. The summed E-state index contributed by atoms with van der Waals surface area (Å²) in [5, 5.41) is 11.8. The molecule has 1 aromatic rings. The molecule has 78 valence electrons. The van der Waals surface area contributed by atoms with Crippen molar-refractivity contribution in [3.63, 3.8) is 0 Å². The van der Waals surface area contributed by atoms with Gasteiger partial charge in [-0.25, -0.2) is 0 Å². The highest BCUT2D eigenvalue weighted by Crippen LogP contribution is 2.12. The zero-order valence-corrected chi connectivity index (χ0v) is 9.77. The van der Waals surface area contributed by atoms with Gasteiger partial charge in [-0.15, -0.1) is 0 Å². The summed E-state index contributed by atoms with van der Waals surface area (Å²) in [5.74, 6) is 0.385. The molecule has 2 nitrogen and oxygen atoms in total. The number of anilines is 1. The maximum Gasteiger partial charge on any atom is 0.0991 e. The number of hydrogen-bond acceptors (Lipinski definition) is 2. The van der Waals surface area contributed by atoms with E-state index in [-0.39, 0.29) is 0 Å². The highest BCUT2D eigenvalue weighted by atomic mass is 32.1. The van der Waals surface area contributed by atoms with E-state index < -0.39 is 0 Å². The monoisotopic (exact) mass is 218 g/mol. The predicted octanol–water partition coefficient (Wildman–Crippen LogP) is 3.34. The first-order chi connectivity index (χ1) is 7.17. The third kappa shape index (κ3) is 3.34. The number of rotatable bonds is 3. The standard InChI is InChI=1S/C12H14N2S/c1-3-9(2)12(15)14-11-6-4-10(8-13)5-7-11/h4-7,9H,3H2,1-2H3,(H,14,15). The van der Waals surface area contributed by atoms with Gasteiger partial charge in [0, 0.05) is 11.6 Å². The molecule has 0 radical (unpaired) electrons. The average molecular weight is 218 g/mol. The summed E-state index contributed by atoms with van der Waals surface area (Å²) < 4.78 is 0. The molecule has 1 N–H and O–H groups in total. The van der Waals surface area contributed by atoms with Gasteiger partial charge in [0.15, 0.2) is 0 Å². The number of hydrogen-bond donors (Lipinski definition) is 1. The van der Waals surface area contributed by atoms with Gasteiger partial charge in [0.2, 0.25) is 0 Å². The SMILES string of the molecule is CCC(C)C(=S)Nc1ccc(C#N)cc1. The second kappa shape index (κ2) is 5.47. The van der Waals surface area contributed by atoms with Crippen LogP contribution in [0.3, 0.4) is 0 Å². The molecule has 1 unspecified atom stereocenters. The highest BCUT2D eigenvalue weighted by Gasteiger charge is 2.05. The second-order valence-corrected chi connectivity index (χ2v) is 3.93. The topological polar surface area (TPSA) is 35.8 Å². The van der Waals surface area contributed by atoms with Gasteiger partial charge in [0.25, 0.3) is 0 Å². The average Bonchev–Trinajstić information content (AvgIpc) is 2.29. The van der Waals surface area contributed by atoms with Gasteiger partial charge >= 0.3 is 0 Å². The van der Waals surface area contributed by atoms with Crippen LogP contribution in [0.15, 0.2) is 24.3 Å². The van der Waals surface area contributed by atoms with Gasteiger partial charge in [-0.2, -0.15) is 5.26 Å². The van der Waals surface area contributed by atoms with Crippen molar-refractivity contribution in [2.24, 2.45) is 5.92 Å². The summed E-state index contributed by atoms with van der Waals surface area (Å²) in [6.45, 7) is 4.20. The Morgan fingerprint density at radius 2 is 2.07 bits per heavy atom. The van der Waals surface area contributed by atoms with Gasteiger partial charge in [0.05, 0.1) is 16.6 Å². The molecule has 0 saturated heterocycles. The van der Waals surface area contributed by atoms with E-state index in [0.717, 1.165) is 17.1 Å². The van der Waals surface area contributed by atoms with Crippen molar-refractivity contribution >= 4 is 22.9 Å². The number of nitriles is 1. The van der Waals surface area contributed by atoms with Crippen LogP contribution in [-0.4, -0.2) is 4.99 Å². The minimum absolute atomic E-state index is 0.385. The molecule has 15 heavy (non-hydrogen) atoms. The van der Waals surface area contributed by atoms with E-state index in [4.69, 9.17) is 17.5 Å². The lowest BCUT2D eigenvalue weighted by molar-refractivity contribution is 0.748. The van der Waals surface area contributed by atoms with Crippen LogP contribution < -0.4 is 5.32 Å². The summed E-state index contributed by atoms with van der Waals surface area (Å²) >= 11 is 5.24. The van der Waals surface area contributed by atoms with E-state index >= 15 is 0 Å². The quantitative estimate of drug-likeness (QED) is 0.790. The molecule has 1 aromatic carbocycles. The first-order valence-electron chi connectivity index (χ1n) is 4.98. The molecule has 0 aliphatic heterocycles. The van der Waals surface area contributed by atoms with E-state index in [2.05, 4.69) is 25.2 Å². The summed E-state index contributed by atoms with van der Waals surface area (Å²) in [4.78, 5) is 0.849. The molecule has 0 aliphatic carbocycles. The summed E-state index contributed by atoms with van der Waals surface area (Å²) in [7, 11) is 0. The molecule has 0 bridgehead atoms. The number of thiocarbonyl (C=S) groups is 1. The molecule has 0 amide bonds. The van der Waals surface area contributed by atoms with Crippen molar-refractivity contribution in [3.8, 4) is 6.07 Å². The number of nitrogens with zero attached hydrogens (tertiary/aromatic N) is 1. The molecule has 0 saturated carbocycles. The fraction of sp³-hybridized carbons (Fsp3) is 0.333. The fourth-order valence-electron chi connectivity index (χ4n) is 1.08. The van der Waals surface area contributed by atoms with Crippen LogP contribution in [0.1, 0.15) is 25.8 Å². The molecule has 3 heteroatoms. The maximum atomic E-state index is 8.64. The van der Waals surface area contributed by atoms with Crippen LogP contribution in [0.5, 0.6) is 0 Å². The Labute approximate surface area is 95.9 Å². The van der Waals surface area contributed by atoms with Gasteiger partial charge in [-0.3, -0.25) is 0 Å². The summed E-state index contributed by atoms with van der Waals surface area (Å²) in [6.07, 6.45) is 1.03. The maximum absolute atomic E-state index is 8.64. The van der Waals surface area contributed by atoms with Crippen molar-refractivity contribution in [2.45, 2.75) is 20.3 Å². The van der Waals surface area contributed by atoms with Crippen molar-refractivity contribution in [1.29, 1.82) is 5.26 Å². The molecule has 0 fully saturated rings. The molecule has 1 atom stereocenters. The third-order valence-corrected chi connectivity index (χ3v) is 2.85. The lowest BCUT2D eigenvalue weighted by Crippen LogP contribution is -2.17. The number of benzene rings is 1. The van der Waals surface area contributed by atoms with Crippen LogP contribution in [0, 0.1) is 17.2 Å². The third-order valence-electron chi connectivity index (χ3n) is 2.34.